The fraction of sp³-hybridized carbons (Fsp3) is 1.00. The Morgan fingerprint density at radius 2 is 1.75 bits per heavy atom. The van der Waals surface area contributed by atoms with Gasteiger partial charge in [-0.3, -0.25) is 4.90 Å². The number of hydrogen-bond acceptors (Lipinski definition) is 2. The van der Waals surface area contributed by atoms with Crippen molar-refractivity contribution in [1.29, 1.82) is 0 Å². The summed E-state index contributed by atoms with van der Waals surface area (Å²) < 4.78 is 0. The second-order valence-electron chi connectivity index (χ2n) is 5.81. The first-order valence-electron chi connectivity index (χ1n) is 7.17. The average molecular weight is 224 g/mol. The predicted octanol–water partition coefficient (Wildman–Crippen LogP) is 2.64. The van der Waals surface area contributed by atoms with Crippen LogP contribution >= 0.6 is 0 Å². The van der Waals surface area contributed by atoms with E-state index in [0.29, 0.717) is 12.1 Å². The SMILES string of the molecule is CNC(C)C(C)N1CCCC1C1CCCC1. The molecule has 0 amide bonds. The third-order valence-electron chi connectivity index (χ3n) is 4.99. The predicted molar refractivity (Wildman–Crippen MR) is 69.7 cm³/mol. The van der Waals surface area contributed by atoms with Gasteiger partial charge in [0.1, 0.15) is 0 Å². The molecule has 1 aliphatic heterocycles. The first kappa shape index (κ1) is 12.4. The van der Waals surface area contributed by atoms with E-state index in [1.807, 2.05) is 0 Å². The molecule has 1 aliphatic carbocycles. The first-order chi connectivity index (χ1) is 7.74. The van der Waals surface area contributed by atoms with Gasteiger partial charge in [0.05, 0.1) is 0 Å². The van der Waals surface area contributed by atoms with Crippen molar-refractivity contribution in [3.63, 3.8) is 0 Å². The number of nitrogens with one attached hydrogen (secondary N) is 1. The van der Waals surface area contributed by atoms with Crippen molar-refractivity contribution in [3.8, 4) is 0 Å². The molecule has 1 heterocycles. The summed E-state index contributed by atoms with van der Waals surface area (Å²) >= 11 is 0. The molecule has 3 unspecified atom stereocenters. The maximum Gasteiger partial charge on any atom is 0.0221 e. The van der Waals surface area contributed by atoms with Crippen LogP contribution < -0.4 is 5.32 Å². The number of hydrogen-bond donors (Lipinski definition) is 1. The summed E-state index contributed by atoms with van der Waals surface area (Å²) in [5.74, 6) is 1.01. The molecule has 1 saturated heterocycles. The van der Waals surface area contributed by atoms with Crippen LogP contribution in [0.1, 0.15) is 52.4 Å². The minimum absolute atomic E-state index is 0.613. The van der Waals surface area contributed by atoms with Gasteiger partial charge in [-0.25, -0.2) is 0 Å². The Hall–Kier alpha value is -0.0800. The highest BCUT2D eigenvalue weighted by Crippen LogP contribution is 2.36. The molecule has 0 spiro atoms. The lowest BCUT2D eigenvalue weighted by Crippen LogP contribution is -2.49. The molecule has 2 heteroatoms. The highest BCUT2D eigenvalue weighted by Gasteiger charge is 2.36. The van der Waals surface area contributed by atoms with E-state index in [9.17, 15) is 0 Å². The van der Waals surface area contributed by atoms with E-state index < -0.39 is 0 Å². The van der Waals surface area contributed by atoms with Gasteiger partial charge in [0, 0.05) is 18.1 Å². The minimum atomic E-state index is 0.613. The summed E-state index contributed by atoms with van der Waals surface area (Å²) in [5, 5.41) is 3.41. The summed E-state index contributed by atoms with van der Waals surface area (Å²) in [7, 11) is 2.09. The van der Waals surface area contributed by atoms with Gasteiger partial charge >= 0.3 is 0 Å². The highest BCUT2D eigenvalue weighted by atomic mass is 15.2. The maximum atomic E-state index is 3.41. The van der Waals surface area contributed by atoms with E-state index in [4.69, 9.17) is 0 Å². The van der Waals surface area contributed by atoms with Crippen LogP contribution in [-0.2, 0) is 0 Å². The van der Waals surface area contributed by atoms with Crippen LogP contribution in [0.5, 0.6) is 0 Å². The Bertz CT molecular complexity index is 211. The highest BCUT2D eigenvalue weighted by molar-refractivity contribution is 4.92. The first-order valence-corrected chi connectivity index (χ1v) is 7.17. The lowest BCUT2D eigenvalue weighted by Gasteiger charge is -2.37. The van der Waals surface area contributed by atoms with Gasteiger partial charge in [0.25, 0.3) is 0 Å². The van der Waals surface area contributed by atoms with Crippen LogP contribution in [-0.4, -0.2) is 36.6 Å². The Morgan fingerprint density at radius 1 is 1.06 bits per heavy atom. The van der Waals surface area contributed by atoms with Crippen molar-refractivity contribution in [1.82, 2.24) is 10.2 Å². The molecule has 0 aromatic carbocycles. The molecule has 16 heavy (non-hydrogen) atoms. The lowest BCUT2D eigenvalue weighted by atomic mass is 9.94. The summed E-state index contributed by atoms with van der Waals surface area (Å²) in [6.45, 7) is 6.04. The zero-order valence-corrected chi connectivity index (χ0v) is 11.2. The van der Waals surface area contributed by atoms with Gasteiger partial charge in [0.15, 0.2) is 0 Å². The van der Waals surface area contributed by atoms with Crippen LogP contribution in [0.15, 0.2) is 0 Å². The Kier molecular flexibility index (Phi) is 4.26. The van der Waals surface area contributed by atoms with E-state index in [1.165, 1.54) is 45.1 Å². The van der Waals surface area contributed by atoms with Gasteiger partial charge in [0.2, 0.25) is 0 Å². The van der Waals surface area contributed by atoms with Gasteiger partial charge < -0.3 is 5.32 Å². The van der Waals surface area contributed by atoms with Gasteiger partial charge in [-0.2, -0.15) is 0 Å². The van der Waals surface area contributed by atoms with Gasteiger partial charge in [-0.05, 0) is 59.0 Å². The van der Waals surface area contributed by atoms with E-state index in [-0.39, 0.29) is 0 Å². The molecule has 2 fully saturated rings. The van der Waals surface area contributed by atoms with Crippen molar-refractivity contribution in [2.24, 2.45) is 5.92 Å². The molecule has 2 rings (SSSR count). The standard InChI is InChI=1S/C14H28N2/c1-11(15-3)12(2)16-10-6-9-14(16)13-7-4-5-8-13/h11-15H,4-10H2,1-3H3. The molecule has 94 valence electrons. The smallest absolute Gasteiger partial charge is 0.0221 e. The van der Waals surface area contributed by atoms with Crippen LogP contribution in [0.3, 0.4) is 0 Å². The summed E-state index contributed by atoms with van der Waals surface area (Å²) in [6, 6.07) is 2.20. The number of likely N-dealkylation sites (N-methyl/N-ethyl adjacent to an activating group) is 1. The van der Waals surface area contributed by atoms with Gasteiger partial charge in [-0.1, -0.05) is 12.8 Å². The van der Waals surface area contributed by atoms with Crippen LogP contribution in [0.25, 0.3) is 0 Å². The Morgan fingerprint density at radius 3 is 2.38 bits per heavy atom. The number of rotatable bonds is 4. The molecular formula is C14H28N2. The molecule has 2 nitrogen and oxygen atoms in total. The Balaban J connectivity index is 1.96. The third-order valence-corrected chi connectivity index (χ3v) is 4.99. The van der Waals surface area contributed by atoms with E-state index in [2.05, 4.69) is 31.1 Å². The van der Waals surface area contributed by atoms with Crippen molar-refractivity contribution in [2.75, 3.05) is 13.6 Å². The van der Waals surface area contributed by atoms with Crippen LogP contribution in [0.4, 0.5) is 0 Å². The molecule has 1 saturated carbocycles. The zero-order valence-electron chi connectivity index (χ0n) is 11.2. The van der Waals surface area contributed by atoms with Crippen molar-refractivity contribution in [3.05, 3.63) is 0 Å². The molecule has 0 aromatic rings. The topological polar surface area (TPSA) is 15.3 Å². The quantitative estimate of drug-likeness (QED) is 0.790. The molecule has 3 atom stereocenters. The van der Waals surface area contributed by atoms with Crippen molar-refractivity contribution >= 4 is 0 Å². The van der Waals surface area contributed by atoms with Crippen LogP contribution in [0, 0.1) is 5.92 Å². The van der Waals surface area contributed by atoms with Crippen LogP contribution in [0.2, 0.25) is 0 Å². The molecule has 0 bridgehead atoms. The largest absolute Gasteiger partial charge is 0.316 e. The summed E-state index contributed by atoms with van der Waals surface area (Å²) in [4.78, 5) is 2.79. The van der Waals surface area contributed by atoms with Gasteiger partial charge in [-0.15, -0.1) is 0 Å². The second kappa shape index (κ2) is 5.50. The molecular weight excluding hydrogens is 196 g/mol. The number of nitrogens with zero attached hydrogens (tertiary/aromatic N) is 1. The second-order valence-corrected chi connectivity index (χ2v) is 5.81. The normalized spacial score (nSPS) is 32.1. The Labute approximate surface area is 101 Å². The fourth-order valence-electron chi connectivity index (χ4n) is 3.70. The maximum absolute atomic E-state index is 3.41. The average Bonchev–Trinajstić information content (AvgIpc) is 2.95. The van der Waals surface area contributed by atoms with Crippen molar-refractivity contribution in [2.45, 2.75) is 70.5 Å². The molecule has 0 radical (unpaired) electrons. The zero-order chi connectivity index (χ0) is 11.5. The van der Waals surface area contributed by atoms with Crippen molar-refractivity contribution < 1.29 is 0 Å². The third kappa shape index (κ3) is 2.43. The molecule has 0 aromatic heterocycles. The lowest BCUT2D eigenvalue weighted by molar-refractivity contribution is 0.123. The fourth-order valence-corrected chi connectivity index (χ4v) is 3.70. The minimum Gasteiger partial charge on any atom is -0.316 e. The summed E-state index contributed by atoms with van der Waals surface area (Å²) in [5.41, 5.74) is 0. The van der Waals surface area contributed by atoms with E-state index >= 15 is 0 Å². The molecule has 1 N–H and O–H groups in total. The number of likely N-dealkylation sites (tertiary alicyclic amines) is 1. The summed E-state index contributed by atoms with van der Waals surface area (Å²) in [6.07, 6.45) is 8.80. The monoisotopic (exact) mass is 224 g/mol. The van der Waals surface area contributed by atoms with E-state index in [1.54, 1.807) is 0 Å². The van der Waals surface area contributed by atoms with E-state index in [0.717, 1.165) is 12.0 Å². The molecule has 2 aliphatic rings.